The Balaban J connectivity index is 2.10. The van der Waals surface area contributed by atoms with E-state index in [4.69, 9.17) is 10.5 Å². The van der Waals surface area contributed by atoms with Gasteiger partial charge >= 0.3 is 0 Å². The molecule has 0 unspecified atom stereocenters. The highest BCUT2D eigenvalue weighted by Gasteiger charge is 2.10. The van der Waals surface area contributed by atoms with Gasteiger partial charge < -0.3 is 10.5 Å². The fourth-order valence-corrected chi connectivity index (χ4v) is 2.31. The van der Waals surface area contributed by atoms with Crippen LogP contribution in [0.25, 0.3) is 10.9 Å². The molecule has 0 aliphatic rings. The molecule has 0 radical (unpaired) electrons. The van der Waals surface area contributed by atoms with Crippen molar-refractivity contribution >= 4 is 16.6 Å². The first-order valence-corrected chi connectivity index (χ1v) is 6.54. The summed E-state index contributed by atoms with van der Waals surface area (Å²) in [6, 6.07) is 13.7. The molecular weight excluding hydrogens is 248 g/mol. The first-order valence-electron chi connectivity index (χ1n) is 6.54. The zero-order valence-corrected chi connectivity index (χ0v) is 11.6. The topological polar surface area (TPSA) is 48.1 Å². The van der Waals surface area contributed by atoms with Gasteiger partial charge in [0.15, 0.2) is 5.75 Å². The van der Waals surface area contributed by atoms with Crippen molar-refractivity contribution < 1.29 is 4.74 Å². The van der Waals surface area contributed by atoms with Crippen molar-refractivity contribution in [3.05, 3.63) is 59.8 Å². The maximum atomic E-state index is 6.20. The van der Waals surface area contributed by atoms with E-state index in [-0.39, 0.29) is 0 Å². The molecule has 100 valence electrons. The summed E-state index contributed by atoms with van der Waals surface area (Å²) >= 11 is 0. The highest BCUT2D eigenvalue weighted by atomic mass is 16.5. The van der Waals surface area contributed by atoms with E-state index in [2.05, 4.69) is 4.98 Å². The number of para-hydroxylation sites is 1. The zero-order chi connectivity index (χ0) is 14.1. The molecule has 0 amide bonds. The molecule has 2 aromatic carbocycles. The monoisotopic (exact) mass is 264 g/mol. The summed E-state index contributed by atoms with van der Waals surface area (Å²) < 4.78 is 6.03. The van der Waals surface area contributed by atoms with Gasteiger partial charge in [-0.3, -0.25) is 4.98 Å². The van der Waals surface area contributed by atoms with Crippen molar-refractivity contribution in [2.75, 3.05) is 5.73 Å². The molecule has 0 aliphatic carbocycles. The summed E-state index contributed by atoms with van der Waals surface area (Å²) in [5.74, 6) is 1.53. The number of aryl methyl sites for hydroxylation is 2. The van der Waals surface area contributed by atoms with E-state index in [1.165, 1.54) is 0 Å². The third kappa shape index (κ3) is 2.07. The molecule has 3 aromatic rings. The lowest BCUT2D eigenvalue weighted by atomic mass is 10.1. The minimum absolute atomic E-state index is 0.623. The fraction of sp³-hybridized carbons (Fsp3) is 0.118. The number of hydrogen-bond donors (Lipinski definition) is 1. The molecule has 0 atom stereocenters. The van der Waals surface area contributed by atoms with Crippen LogP contribution in [0.2, 0.25) is 0 Å². The van der Waals surface area contributed by atoms with Crippen LogP contribution in [0.5, 0.6) is 11.5 Å². The lowest BCUT2D eigenvalue weighted by Gasteiger charge is -2.14. The molecule has 3 heteroatoms. The summed E-state index contributed by atoms with van der Waals surface area (Å²) in [7, 11) is 0. The van der Waals surface area contributed by atoms with E-state index >= 15 is 0 Å². The molecule has 2 N–H and O–H groups in total. The number of nitrogens with zero attached hydrogens (tertiary/aromatic N) is 1. The van der Waals surface area contributed by atoms with Crippen molar-refractivity contribution in [3.63, 3.8) is 0 Å². The summed E-state index contributed by atoms with van der Waals surface area (Å²) in [4.78, 5) is 4.29. The van der Waals surface area contributed by atoms with Gasteiger partial charge in [0.25, 0.3) is 0 Å². The Kier molecular flexibility index (Phi) is 3.03. The van der Waals surface area contributed by atoms with Crippen LogP contribution in [-0.2, 0) is 0 Å². The maximum Gasteiger partial charge on any atom is 0.151 e. The van der Waals surface area contributed by atoms with Gasteiger partial charge in [-0.2, -0.15) is 0 Å². The molecule has 3 nitrogen and oxygen atoms in total. The number of ether oxygens (including phenoxy) is 1. The van der Waals surface area contributed by atoms with Crippen molar-refractivity contribution in [2.24, 2.45) is 0 Å². The average Bonchev–Trinajstić information content (AvgIpc) is 2.45. The second kappa shape index (κ2) is 4.85. The van der Waals surface area contributed by atoms with Gasteiger partial charge in [-0.05, 0) is 49.2 Å². The smallest absolute Gasteiger partial charge is 0.151 e. The number of nitrogens with two attached hydrogens (primary N) is 1. The number of benzene rings is 2. The van der Waals surface area contributed by atoms with Gasteiger partial charge in [0.2, 0.25) is 0 Å². The summed E-state index contributed by atoms with van der Waals surface area (Å²) in [6.07, 6.45) is 1.76. The zero-order valence-electron chi connectivity index (χ0n) is 11.6. The van der Waals surface area contributed by atoms with Crippen LogP contribution in [0.15, 0.2) is 48.7 Å². The predicted molar refractivity (Wildman–Crippen MR) is 82.1 cm³/mol. The highest BCUT2D eigenvalue weighted by Crippen LogP contribution is 2.35. The molecule has 0 aliphatic heterocycles. The second-order valence-electron chi connectivity index (χ2n) is 4.87. The first-order chi connectivity index (χ1) is 9.66. The number of fused-ring (bicyclic) bond motifs is 1. The summed E-state index contributed by atoms with van der Waals surface area (Å²) in [6.45, 7) is 4.06. The van der Waals surface area contributed by atoms with Crippen molar-refractivity contribution in [1.82, 2.24) is 4.98 Å². The van der Waals surface area contributed by atoms with E-state index in [0.717, 1.165) is 27.8 Å². The normalized spacial score (nSPS) is 10.7. The Morgan fingerprint density at radius 3 is 2.45 bits per heavy atom. The Bertz CT molecular complexity index is 761. The van der Waals surface area contributed by atoms with Gasteiger partial charge in [-0.25, -0.2) is 0 Å². The van der Waals surface area contributed by atoms with Crippen LogP contribution in [0.3, 0.4) is 0 Å². The lowest BCUT2D eigenvalue weighted by Crippen LogP contribution is -1.96. The molecule has 1 heterocycles. The minimum atomic E-state index is 0.623. The van der Waals surface area contributed by atoms with Gasteiger partial charge in [-0.1, -0.05) is 18.2 Å². The van der Waals surface area contributed by atoms with Crippen LogP contribution in [0.1, 0.15) is 11.1 Å². The number of hydrogen-bond acceptors (Lipinski definition) is 3. The number of anilines is 1. The Hall–Kier alpha value is -2.55. The van der Waals surface area contributed by atoms with Crippen LogP contribution in [-0.4, -0.2) is 4.98 Å². The SMILES string of the molecule is Cc1cccc(C)c1Oc1ccc2ncccc2c1N. The number of pyridine rings is 1. The molecule has 3 rings (SSSR count). The highest BCUT2D eigenvalue weighted by molar-refractivity contribution is 5.93. The molecule has 1 aromatic heterocycles. The standard InChI is InChI=1S/C17H16N2O/c1-11-5-3-6-12(2)17(11)20-15-9-8-14-13(16(15)18)7-4-10-19-14/h3-10H,18H2,1-2H3. The third-order valence-corrected chi connectivity index (χ3v) is 3.41. The van der Waals surface area contributed by atoms with Gasteiger partial charge in [-0.15, -0.1) is 0 Å². The number of rotatable bonds is 2. The van der Waals surface area contributed by atoms with Gasteiger partial charge in [0, 0.05) is 11.6 Å². The maximum absolute atomic E-state index is 6.20. The summed E-state index contributed by atoms with van der Waals surface area (Å²) in [5.41, 5.74) is 9.89. The van der Waals surface area contributed by atoms with Crippen LogP contribution in [0, 0.1) is 13.8 Å². The molecule has 0 fully saturated rings. The van der Waals surface area contributed by atoms with E-state index in [9.17, 15) is 0 Å². The van der Waals surface area contributed by atoms with E-state index in [1.54, 1.807) is 6.20 Å². The molecule has 0 saturated heterocycles. The summed E-state index contributed by atoms with van der Waals surface area (Å²) in [5, 5.41) is 0.913. The van der Waals surface area contributed by atoms with Crippen molar-refractivity contribution in [3.8, 4) is 11.5 Å². The predicted octanol–water partition coefficient (Wildman–Crippen LogP) is 4.23. The van der Waals surface area contributed by atoms with Crippen LogP contribution < -0.4 is 10.5 Å². The Morgan fingerprint density at radius 2 is 1.70 bits per heavy atom. The largest absolute Gasteiger partial charge is 0.455 e. The van der Waals surface area contributed by atoms with Gasteiger partial charge in [0.05, 0.1) is 11.2 Å². The fourth-order valence-electron chi connectivity index (χ4n) is 2.31. The quantitative estimate of drug-likeness (QED) is 0.705. The van der Waals surface area contributed by atoms with Crippen molar-refractivity contribution in [1.29, 1.82) is 0 Å². The van der Waals surface area contributed by atoms with Crippen molar-refractivity contribution in [2.45, 2.75) is 13.8 Å². The minimum Gasteiger partial charge on any atom is -0.455 e. The first kappa shape index (κ1) is 12.5. The van der Waals surface area contributed by atoms with Crippen LogP contribution >= 0.6 is 0 Å². The average molecular weight is 264 g/mol. The molecular formula is C17H16N2O. The van der Waals surface area contributed by atoms with Gasteiger partial charge in [0.1, 0.15) is 5.75 Å². The van der Waals surface area contributed by atoms with E-state index in [0.29, 0.717) is 11.4 Å². The Labute approximate surface area is 118 Å². The second-order valence-corrected chi connectivity index (χ2v) is 4.87. The van der Waals surface area contributed by atoms with E-state index < -0.39 is 0 Å². The molecule has 20 heavy (non-hydrogen) atoms. The molecule has 0 bridgehead atoms. The molecule has 0 saturated carbocycles. The molecule has 0 spiro atoms. The third-order valence-electron chi connectivity index (χ3n) is 3.41. The van der Waals surface area contributed by atoms with Crippen LogP contribution in [0.4, 0.5) is 5.69 Å². The number of nitrogen functional groups attached to an aromatic ring is 1. The lowest BCUT2D eigenvalue weighted by molar-refractivity contribution is 0.478. The number of aromatic nitrogens is 1. The Morgan fingerprint density at radius 1 is 0.950 bits per heavy atom. The van der Waals surface area contributed by atoms with E-state index in [1.807, 2.05) is 56.3 Å².